The van der Waals surface area contributed by atoms with Crippen molar-refractivity contribution < 1.29 is 14.3 Å². The summed E-state index contributed by atoms with van der Waals surface area (Å²) in [5.74, 6) is -0.300. The summed E-state index contributed by atoms with van der Waals surface area (Å²) >= 11 is 12.9. The number of nitrogens with one attached hydrogen (secondary N) is 1. The highest BCUT2D eigenvalue weighted by molar-refractivity contribution is 8.00. The van der Waals surface area contributed by atoms with E-state index < -0.39 is 0 Å². The van der Waals surface area contributed by atoms with Gasteiger partial charge in [0.2, 0.25) is 5.91 Å². The number of hydrogen-bond donors (Lipinski definition) is 1. The molecule has 0 fully saturated rings. The molecule has 0 aliphatic carbocycles. The average Bonchev–Trinajstić information content (AvgIpc) is 2.35. The van der Waals surface area contributed by atoms with Crippen LogP contribution in [0.4, 0.5) is 5.69 Å². The Balaban J connectivity index is 2.39. The number of rotatable bonds is 6. The predicted molar refractivity (Wildman–Crippen MR) is 79.0 cm³/mol. The zero-order chi connectivity index (χ0) is 14.3. The Labute approximate surface area is 125 Å². The summed E-state index contributed by atoms with van der Waals surface area (Å²) < 4.78 is 4.75. The van der Waals surface area contributed by atoms with Gasteiger partial charge in [0.25, 0.3) is 0 Å². The summed E-state index contributed by atoms with van der Waals surface area (Å²) in [6.07, 6.45) is 0. The van der Waals surface area contributed by atoms with Crippen LogP contribution in [-0.2, 0) is 14.3 Å². The molecule has 0 aliphatic heterocycles. The van der Waals surface area contributed by atoms with Crippen LogP contribution in [0.25, 0.3) is 0 Å². The van der Waals surface area contributed by atoms with E-state index in [1.54, 1.807) is 25.1 Å². The molecule has 104 valence electrons. The highest BCUT2D eigenvalue weighted by Crippen LogP contribution is 2.29. The van der Waals surface area contributed by atoms with Gasteiger partial charge in [-0.25, -0.2) is 0 Å². The van der Waals surface area contributed by atoms with Gasteiger partial charge in [0, 0.05) is 0 Å². The minimum absolute atomic E-state index is 0.141. The van der Waals surface area contributed by atoms with Gasteiger partial charge in [-0.05, 0) is 19.1 Å². The molecule has 0 radical (unpaired) electrons. The summed E-state index contributed by atoms with van der Waals surface area (Å²) in [6, 6.07) is 4.98. The maximum absolute atomic E-state index is 11.6. The fraction of sp³-hybridized carbons (Fsp3) is 0.333. The van der Waals surface area contributed by atoms with Crippen LogP contribution in [0.15, 0.2) is 18.2 Å². The van der Waals surface area contributed by atoms with Gasteiger partial charge in [0.05, 0.1) is 33.8 Å². The molecule has 0 aromatic heterocycles. The quantitative estimate of drug-likeness (QED) is 0.817. The Bertz CT molecular complexity index is 468. The lowest BCUT2D eigenvalue weighted by Crippen LogP contribution is -2.16. The summed E-state index contributed by atoms with van der Waals surface area (Å²) in [6.45, 7) is 2.07. The summed E-state index contributed by atoms with van der Waals surface area (Å²) in [5, 5.41) is 3.30. The Hall–Kier alpha value is -0.910. The van der Waals surface area contributed by atoms with E-state index in [1.807, 2.05) is 0 Å². The van der Waals surface area contributed by atoms with E-state index in [9.17, 15) is 9.59 Å². The molecule has 0 spiro atoms. The first-order valence-corrected chi connectivity index (χ1v) is 7.43. The van der Waals surface area contributed by atoms with E-state index in [0.717, 1.165) is 0 Å². The molecule has 0 saturated heterocycles. The lowest BCUT2D eigenvalue weighted by atomic mass is 10.3. The van der Waals surface area contributed by atoms with Crippen molar-refractivity contribution in [2.75, 3.05) is 23.4 Å². The first kappa shape index (κ1) is 16.1. The molecule has 0 unspecified atom stereocenters. The van der Waals surface area contributed by atoms with Crippen molar-refractivity contribution >= 4 is 52.5 Å². The van der Waals surface area contributed by atoms with Crippen molar-refractivity contribution in [1.29, 1.82) is 0 Å². The smallest absolute Gasteiger partial charge is 0.315 e. The maximum atomic E-state index is 11.6. The van der Waals surface area contributed by atoms with Crippen LogP contribution in [0.3, 0.4) is 0 Å². The first-order valence-electron chi connectivity index (χ1n) is 5.51. The van der Waals surface area contributed by atoms with Crippen molar-refractivity contribution in [1.82, 2.24) is 0 Å². The summed E-state index contributed by atoms with van der Waals surface area (Å²) in [5.41, 5.74) is 0.455. The van der Waals surface area contributed by atoms with Crippen LogP contribution >= 0.6 is 35.0 Å². The molecule has 1 rings (SSSR count). The fourth-order valence-electron chi connectivity index (χ4n) is 1.22. The average molecular weight is 322 g/mol. The molecule has 0 saturated carbocycles. The van der Waals surface area contributed by atoms with Crippen LogP contribution in [0.2, 0.25) is 10.0 Å². The van der Waals surface area contributed by atoms with Gasteiger partial charge in [-0.15, -0.1) is 11.8 Å². The molecule has 19 heavy (non-hydrogen) atoms. The van der Waals surface area contributed by atoms with Gasteiger partial charge in [-0.3, -0.25) is 9.59 Å². The monoisotopic (exact) mass is 321 g/mol. The standard InChI is InChI=1S/C12H13Cl2NO3S/c1-2-18-11(17)7-19-6-10(16)15-9-5-3-4-8(13)12(9)14/h3-5H,2,6-7H2,1H3,(H,15,16). The molecule has 0 bridgehead atoms. The summed E-state index contributed by atoms with van der Waals surface area (Å²) in [4.78, 5) is 22.7. The third-order valence-corrected chi connectivity index (χ3v) is 3.71. The molecule has 1 amide bonds. The minimum atomic E-state index is -0.332. The van der Waals surface area contributed by atoms with Crippen LogP contribution in [0, 0.1) is 0 Å². The zero-order valence-electron chi connectivity index (χ0n) is 10.2. The van der Waals surface area contributed by atoms with Crippen LogP contribution < -0.4 is 5.32 Å². The second-order valence-electron chi connectivity index (χ2n) is 3.45. The number of anilines is 1. The van der Waals surface area contributed by atoms with Gasteiger partial charge >= 0.3 is 5.97 Å². The SMILES string of the molecule is CCOC(=O)CSCC(=O)Nc1cccc(Cl)c1Cl. The zero-order valence-corrected chi connectivity index (χ0v) is 12.6. The van der Waals surface area contributed by atoms with Gasteiger partial charge in [-0.2, -0.15) is 0 Å². The molecular formula is C12H13Cl2NO3S. The number of hydrogen-bond acceptors (Lipinski definition) is 4. The first-order chi connectivity index (χ1) is 9.04. The number of benzene rings is 1. The topological polar surface area (TPSA) is 55.4 Å². The van der Waals surface area contributed by atoms with Crippen LogP contribution in [-0.4, -0.2) is 30.0 Å². The number of halogens is 2. The number of esters is 1. The van der Waals surface area contributed by atoms with Crippen molar-refractivity contribution in [3.8, 4) is 0 Å². The summed E-state index contributed by atoms with van der Waals surface area (Å²) in [7, 11) is 0. The molecule has 0 heterocycles. The highest BCUT2D eigenvalue weighted by atomic mass is 35.5. The lowest BCUT2D eigenvalue weighted by molar-refractivity contribution is -0.139. The maximum Gasteiger partial charge on any atom is 0.315 e. The lowest BCUT2D eigenvalue weighted by Gasteiger charge is -2.07. The van der Waals surface area contributed by atoms with E-state index in [2.05, 4.69) is 5.32 Å². The van der Waals surface area contributed by atoms with E-state index in [0.29, 0.717) is 22.3 Å². The largest absolute Gasteiger partial charge is 0.465 e. The van der Waals surface area contributed by atoms with E-state index in [1.165, 1.54) is 11.8 Å². The van der Waals surface area contributed by atoms with Gasteiger partial charge in [-0.1, -0.05) is 29.3 Å². The van der Waals surface area contributed by atoms with Crippen molar-refractivity contribution in [2.24, 2.45) is 0 Å². The second kappa shape index (κ2) is 8.30. The highest BCUT2D eigenvalue weighted by Gasteiger charge is 2.09. The van der Waals surface area contributed by atoms with E-state index >= 15 is 0 Å². The predicted octanol–water partition coefficient (Wildman–Crippen LogP) is 3.23. The normalized spacial score (nSPS) is 10.1. The molecule has 7 heteroatoms. The number of carbonyl (C=O) groups is 2. The molecular weight excluding hydrogens is 309 g/mol. The van der Waals surface area contributed by atoms with E-state index in [4.69, 9.17) is 27.9 Å². The van der Waals surface area contributed by atoms with E-state index in [-0.39, 0.29) is 23.4 Å². The Morgan fingerprint density at radius 3 is 2.74 bits per heavy atom. The Morgan fingerprint density at radius 1 is 1.32 bits per heavy atom. The number of thioether (sulfide) groups is 1. The Kier molecular flexibility index (Phi) is 7.05. The molecule has 0 aliphatic rings. The van der Waals surface area contributed by atoms with Crippen molar-refractivity contribution in [2.45, 2.75) is 6.92 Å². The number of amides is 1. The fourth-order valence-corrected chi connectivity index (χ4v) is 2.17. The third kappa shape index (κ3) is 5.72. The second-order valence-corrected chi connectivity index (χ2v) is 5.22. The van der Waals surface area contributed by atoms with Crippen molar-refractivity contribution in [3.05, 3.63) is 28.2 Å². The molecule has 1 N–H and O–H groups in total. The molecule has 0 atom stereocenters. The number of carbonyl (C=O) groups excluding carboxylic acids is 2. The van der Waals surface area contributed by atoms with Gasteiger partial charge < -0.3 is 10.1 Å². The van der Waals surface area contributed by atoms with Crippen LogP contribution in [0.1, 0.15) is 6.92 Å². The molecule has 4 nitrogen and oxygen atoms in total. The minimum Gasteiger partial charge on any atom is -0.465 e. The van der Waals surface area contributed by atoms with Gasteiger partial charge in [0.15, 0.2) is 0 Å². The third-order valence-electron chi connectivity index (χ3n) is 1.98. The van der Waals surface area contributed by atoms with Crippen molar-refractivity contribution in [3.63, 3.8) is 0 Å². The van der Waals surface area contributed by atoms with Crippen LogP contribution in [0.5, 0.6) is 0 Å². The molecule has 1 aromatic carbocycles. The Morgan fingerprint density at radius 2 is 2.05 bits per heavy atom. The number of ether oxygens (including phenoxy) is 1. The molecule has 1 aromatic rings. The van der Waals surface area contributed by atoms with Gasteiger partial charge in [0.1, 0.15) is 0 Å².